The van der Waals surface area contributed by atoms with Crippen molar-refractivity contribution in [2.45, 2.75) is 0 Å². The van der Waals surface area contributed by atoms with Crippen LogP contribution in [-0.2, 0) is 0 Å². The van der Waals surface area contributed by atoms with Crippen LogP contribution in [0.3, 0.4) is 0 Å². The smallest absolute Gasteiger partial charge is 0.161 e. The van der Waals surface area contributed by atoms with Gasteiger partial charge < -0.3 is 9.47 Å². The molecular formula is C12H13N3O3. The maximum absolute atomic E-state index is 11.0. The lowest BCUT2D eigenvalue weighted by atomic mass is 10.1. The van der Waals surface area contributed by atoms with E-state index in [-0.39, 0.29) is 6.54 Å². The van der Waals surface area contributed by atoms with Gasteiger partial charge in [-0.05, 0) is 23.2 Å². The lowest BCUT2D eigenvalue weighted by molar-refractivity contribution is 0.112. The van der Waals surface area contributed by atoms with Gasteiger partial charge in [0.1, 0.15) is 0 Å². The van der Waals surface area contributed by atoms with Crippen molar-refractivity contribution in [3.8, 4) is 11.5 Å². The van der Waals surface area contributed by atoms with E-state index in [1.807, 2.05) is 0 Å². The van der Waals surface area contributed by atoms with E-state index in [2.05, 4.69) is 10.0 Å². The monoisotopic (exact) mass is 247 g/mol. The van der Waals surface area contributed by atoms with E-state index in [9.17, 15) is 4.79 Å². The molecule has 6 nitrogen and oxygen atoms in total. The summed E-state index contributed by atoms with van der Waals surface area (Å²) in [6.07, 6.45) is 4.09. The fraction of sp³-hybridized carbons (Fsp3) is 0.250. The number of ether oxygens (including phenoxy) is 2. The number of aldehydes is 1. The standard InChI is InChI=1S/C12H13N3O3/c1-17-11-6-9(4-3-5-14-15-13)10(8-16)7-12(11)18-2/h3-4,6-8H,5H2,1-2H3. The van der Waals surface area contributed by atoms with Crippen LogP contribution < -0.4 is 9.47 Å². The molecule has 94 valence electrons. The second-order valence-electron chi connectivity index (χ2n) is 3.27. The van der Waals surface area contributed by atoms with Gasteiger partial charge in [-0.15, -0.1) is 0 Å². The first-order chi connectivity index (χ1) is 8.76. The summed E-state index contributed by atoms with van der Waals surface area (Å²) in [5.41, 5.74) is 9.30. The molecule has 18 heavy (non-hydrogen) atoms. The third-order valence-electron chi connectivity index (χ3n) is 2.26. The third-order valence-corrected chi connectivity index (χ3v) is 2.26. The summed E-state index contributed by atoms with van der Waals surface area (Å²) in [6.45, 7) is 0.225. The molecule has 0 aliphatic rings. The molecule has 1 aromatic rings. The number of methoxy groups -OCH3 is 2. The summed E-state index contributed by atoms with van der Waals surface area (Å²) in [4.78, 5) is 13.6. The van der Waals surface area contributed by atoms with E-state index in [1.165, 1.54) is 14.2 Å². The molecule has 0 radical (unpaired) electrons. The molecule has 0 bridgehead atoms. The molecule has 0 aliphatic heterocycles. The van der Waals surface area contributed by atoms with E-state index < -0.39 is 0 Å². The lowest BCUT2D eigenvalue weighted by Crippen LogP contribution is -1.95. The highest BCUT2D eigenvalue weighted by molar-refractivity contribution is 5.83. The van der Waals surface area contributed by atoms with Crippen LogP contribution in [0.25, 0.3) is 16.5 Å². The minimum absolute atomic E-state index is 0.225. The van der Waals surface area contributed by atoms with Crippen LogP contribution in [0.4, 0.5) is 0 Å². The summed E-state index contributed by atoms with van der Waals surface area (Å²) in [5.74, 6) is 1.03. The van der Waals surface area contributed by atoms with Gasteiger partial charge in [-0.1, -0.05) is 17.3 Å². The van der Waals surface area contributed by atoms with Crippen molar-refractivity contribution in [3.63, 3.8) is 0 Å². The fourth-order valence-electron chi connectivity index (χ4n) is 1.42. The molecule has 0 saturated heterocycles. The van der Waals surface area contributed by atoms with Crippen LogP contribution in [0.5, 0.6) is 11.5 Å². The molecule has 0 atom stereocenters. The Labute approximate surface area is 104 Å². The molecule has 0 unspecified atom stereocenters. The first-order valence-electron chi connectivity index (χ1n) is 5.15. The molecular weight excluding hydrogens is 234 g/mol. The molecule has 0 saturated carbocycles. The van der Waals surface area contributed by atoms with Crippen LogP contribution in [0, 0.1) is 0 Å². The van der Waals surface area contributed by atoms with Crippen LogP contribution >= 0.6 is 0 Å². The zero-order chi connectivity index (χ0) is 13.4. The van der Waals surface area contributed by atoms with Crippen molar-refractivity contribution in [2.24, 2.45) is 5.11 Å². The Morgan fingerprint density at radius 1 is 1.28 bits per heavy atom. The Balaban J connectivity index is 3.12. The zero-order valence-corrected chi connectivity index (χ0v) is 10.2. The second-order valence-corrected chi connectivity index (χ2v) is 3.27. The first-order valence-corrected chi connectivity index (χ1v) is 5.15. The summed E-state index contributed by atoms with van der Waals surface area (Å²) < 4.78 is 10.2. The van der Waals surface area contributed by atoms with Gasteiger partial charge in [-0.3, -0.25) is 4.79 Å². The minimum Gasteiger partial charge on any atom is -0.493 e. The number of carbonyl (C=O) groups is 1. The maximum Gasteiger partial charge on any atom is 0.161 e. The molecule has 0 N–H and O–H groups in total. The van der Waals surface area contributed by atoms with E-state index in [0.717, 1.165) is 6.29 Å². The third kappa shape index (κ3) is 3.26. The van der Waals surface area contributed by atoms with Crippen LogP contribution in [-0.4, -0.2) is 27.1 Å². The molecule has 0 aliphatic carbocycles. The van der Waals surface area contributed by atoms with Crippen molar-refractivity contribution in [1.82, 2.24) is 0 Å². The van der Waals surface area contributed by atoms with Crippen molar-refractivity contribution >= 4 is 12.4 Å². The van der Waals surface area contributed by atoms with Gasteiger partial charge in [0.15, 0.2) is 17.8 Å². The van der Waals surface area contributed by atoms with E-state index in [1.54, 1.807) is 24.3 Å². The number of hydrogen-bond donors (Lipinski definition) is 0. The average Bonchev–Trinajstić information content (AvgIpc) is 2.42. The number of azide groups is 1. The highest BCUT2D eigenvalue weighted by atomic mass is 16.5. The van der Waals surface area contributed by atoms with Gasteiger partial charge in [0, 0.05) is 17.0 Å². The van der Waals surface area contributed by atoms with Gasteiger partial charge in [0.2, 0.25) is 0 Å². The van der Waals surface area contributed by atoms with Gasteiger partial charge in [0.25, 0.3) is 0 Å². The largest absolute Gasteiger partial charge is 0.493 e. The molecule has 0 fully saturated rings. The molecule has 6 heteroatoms. The summed E-state index contributed by atoms with van der Waals surface area (Å²) in [7, 11) is 3.02. The van der Waals surface area contributed by atoms with Crippen LogP contribution in [0.2, 0.25) is 0 Å². The Kier molecular flexibility index (Phi) is 5.28. The Hall–Kier alpha value is -2.46. The van der Waals surface area contributed by atoms with E-state index in [0.29, 0.717) is 22.6 Å². The Morgan fingerprint density at radius 3 is 2.39 bits per heavy atom. The Morgan fingerprint density at radius 2 is 1.89 bits per heavy atom. The predicted molar refractivity (Wildman–Crippen MR) is 68.0 cm³/mol. The Bertz CT molecular complexity index is 506. The quantitative estimate of drug-likeness (QED) is 0.335. The second kappa shape index (κ2) is 6.98. The SMILES string of the molecule is COc1cc(C=O)c(C=CCN=[N+]=[N-])cc1OC. The molecule has 0 aromatic heterocycles. The van der Waals surface area contributed by atoms with E-state index >= 15 is 0 Å². The number of carbonyl (C=O) groups excluding carboxylic acids is 1. The normalized spacial score (nSPS) is 9.89. The molecule has 1 rings (SSSR count). The number of rotatable bonds is 6. The van der Waals surface area contributed by atoms with Crippen LogP contribution in [0.1, 0.15) is 15.9 Å². The van der Waals surface area contributed by atoms with E-state index in [4.69, 9.17) is 15.0 Å². The van der Waals surface area contributed by atoms with Gasteiger partial charge in [0.05, 0.1) is 14.2 Å². The number of benzene rings is 1. The zero-order valence-electron chi connectivity index (χ0n) is 10.2. The number of nitrogens with zero attached hydrogens (tertiary/aromatic N) is 3. The first kappa shape index (κ1) is 13.6. The maximum atomic E-state index is 11.0. The molecule has 0 spiro atoms. The molecule has 1 aromatic carbocycles. The van der Waals surface area contributed by atoms with Crippen molar-refractivity contribution in [1.29, 1.82) is 0 Å². The highest BCUT2D eigenvalue weighted by Crippen LogP contribution is 2.30. The van der Waals surface area contributed by atoms with Crippen molar-refractivity contribution in [2.75, 3.05) is 20.8 Å². The van der Waals surface area contributed by atoms with Gasteiger partial charge in [-0.25, -0.2) is 0 Å². The van der Waals surface area contributed by atoms with Gasteiger partial charge in [-0.2, -0.15) is 0 Å². The minimum atomic E-state index is 0.225. The summed E-state index contributed by atoms with van der Waals surface area (Å²) >= 11 is 0. The highest BCUT2D eigenvalue weighted by Gasteiger charge is 2.08. The van der Waals surface area contributed by atoms with Crippen molar-refractivity contribution < 1.29 is 14.3 Å². The summed E-state index contributed by atoms with van der Waals surface area (Å²) in [6, 6.07) is 3.29. The lowest BCUT2D eigenvalue weighted by Gasteiger charge is -2.09. The predicted octanol–water partition coefficient (Wildman–Crippen LogP) is 2.84. The summed E-state index contributed by atoms with van der Waals surface area (Å²) in [5, 5.41) is 3.37. The number of hydrogen-bond acceptors (Lipinski definition) is 4. The topological polar surface area (TPSA) is 84.3 Å². The molecule has 0 amide bonds. The average molecular weight is 247 g/mol. The van der Waals surface area contributed by atoms with Crippen molar-refractivity contribution in [3.05, 3.63) is 39.8 Å². The fourth-order valence-corrected chi connectivity index (χ4v) is 1.42. The van der Waals surface area contributed by atoms with Gasteiger partial charge >= 0.3 is 0 Å². The van der Waals surface area contributed by atoms with Crippen LogP contribution in [0.15, 0.2) is 23.3 Å². The molecule has 0 heterocycles.